The largest absolute Gasteiger partial charge is 0.368 e. The van der Waals surface area contributed by atoms with Gasteiger partial charge < -0.3 is 40.0 Å². The Bertz CT molecular complexity index is 6820. The number of aromatic nitrogens is 19. The minimum atomic E-state index is -0.108. The quantitative estimate of drug-likeness (QED) is 0.0859. The summed E-state index contributed by atoms with van der Waals surface area (Å²) in [6, 6.07) is 32.9. The van der Waals surface area contributed by atoms with E-state index in [1.54, 1.807) is 41.9 Å². The average molecular weight is 1700 g/mol. The van der Waals surface area contributed by atoms with E-state index in [-0.39, 0.29) is 22.2 Å². The summed E-state index contributed by atoms with van der Waals surface area (Å²) < 4.78 is 14.1. The average Bonchev–Trinajstić information content (AvgIpc) is 1.75. The van der Waals surface area contributed by atoms with E-state index in [0.717, 1.165) is 206 Å². The number of nitrogens with one attached hydrogen (secondary N) is 3. The molecule has 4 aliphatic rings. The molecule has 652 valence electrons. The van der Waals surface area contributed by atoms with Gasteiger partial charge in [0.2, 0.25) is 0 Å². The van der Waals surface area contributed by atoms with E-state index in [2.05, 4.69) is 150 Å². The second-order valence-electron chi connectivity index (χ2n) is 34.8. The van der Waals surface area contributed by atoms with Crippen LogP contribution in [0.25, 0.3) is 90.1 Å². The first-order valence-electron chi connectivity index (χ1n) is 44.4. The molecule has 0 spiro atoms. The molecule has 20 rings (SSSR count). The zero-order valence-corrected chi connectivity index (χ0v) is 74.8. The van der Waals surface area contributed by atoms with Gasteiger partial charge in [0.1, 0.15) is 39.7 Å². The van der Waals surface area contributed by atoms with Gasteiger partial charge in [-0.05, 0) is 175 Å². The fourth-order valence-corrected chi connectivity index (χ4v) is 18.3. The van der Waals surface area contributed by atoms with Gasteiger partial charge >= 0.3 is 0 Å². The number of anilines is 4. The van der Waals surface area contributed by atoms with Gasteiger partial charge in [0.05, 0.1) is 132 Å². The van der Waals surface area contributed by atoms with Gasteiger partial charge in [0.25, 0.3) is 22.2 Å². The maximum Gasteiger partial charge on any atom is 0.258 e. The lowest BCUT2D eigenvalue weighted by Gasteiger charge is -2.43. The number of pyridine rings is 4. The van der Waals surface area contributed by atoms with Crippen molar-refractivity contribution in [1.82, 2.24) is 112 Å². The first-order chi connectivity index (χ1) is 60.7. The molecule has 31 nitrogen and oxygen atoms in total. The molecule has 0 saturated carbocycles. The van der Waals surface area contributed by atoms with Crippen molar-refractivity contribution in [2.75, 3.05) is 91.6 Å². The Balaban J connectivity index is 0.000000119. The summed E-state index contributed by atoms with van der Waals surface area (Å²) in [4.78, 5) is 101. The highest BCUT2D eigenvalue weighted by Gasteiger charge is 2.28. The number of rotatable bonds is 15. The molecule has 0 amide bonds. The summed E-state index contributed by atoms with van der Waals surface area (Å²) in [7, 11) is 0. The number of nitrogens with zero attached hydrogens (tertiary/aromatic N) is 24. The molecule has 20 heterocycles. The maximum absolute atomic E-state index is 13.0. The zero-order valence-electron chi connectivity index (χ0n) is 74.8. The normalized spacial score (nSPS) is 17.7. The van der Waals surface area contributed by atoms with Crippen molar-refractivity contribution < 1.29 is 0 Å². The first kappa shape index (κ1) is 85.2. The van der Waals surface area contributed by atoms with Crippen LogP contribution in [0.5, 0.6) is 0 Å². The summed E-state index contributed by atoms with van der Waals surface area (Å²) in [6.07, 6.45) is 23.0. The van der Waals surface area contributed by atoms with Crippen LogP contribution in [0.1, 0.15) is 134 Å². The predicted octanol–water partition coefficient (Wildman–Crippen LogP) is 11.3. The van der Waals surface area contributed by atoms with Crippen LogP contribution in [0, 0.1) is 34.6 Å². The van der Waals surface area contributed by atoms with E-state index in [1.807, 2.05) is 171 Å². The summed E-state index contributed by atoms with van der Waals surface area (Å²) in [6.45, 7) is 42.1. The molecule has 4 fully saturated rings. The Hall–Kier alpha value is -13.0. The van der Waals surface area contributed by atoms with E-state index in [0.29, 0.717) is 98.7 Å². The lowest BCUT2D eigenvalue weighted by molar-refractivity contribution is 0.148. The Labute approximate surface area is 730 Å². The highest BCUT2D eigenvalue weighted by Crippen LogP contribution is 2.30. The van der Waals surface area contributed by atoms with Crippen molar-refractivity contribution >= 4 is 67.4 Å². The van der Waals surface area contributed by atoms with Gasteiger partial charge in [-0.25, -0.2) is 33.5 Å². The van der Waals surface area contributed by atoms with Crippen LogP contribution in [-0.2, 0) is 19.3 Å². The molecule has 0 radical (unpaired) electrons. The van der Waals surface area contributed by atoms with Crippen molar-refractivity contribution in [3.63, 3.8) is 0 Å². The molecule has 16 aromatic rings. The fourth-order valence-electron chi connectivity index (χ4n) is 18.3. The molecule has 5 atom stereocenters. The molecule has 0 unspecified atom stereocenters. The summed E-state index contributed by atoms with van der Waals surface area (Å²) in [5.74, 6) is 0. The lowest BCUT2D eigenvalue weighted by atomic mass is 10.1. The van der Waals surface area contributed by atoms with Crippen LogP contribution >= 0.6 is 0 Å². The molecule has 3 N–H and O–H groups in total. The Kier molecular flexibility index (Phi) is 24.3. The maximum atomic E-state index is 13.0. The molecule has 0 bridgehead atoms. The van der Waals surface area contributed by atoms with Gasteiger partial charge in [-0.3, -0.25) is 61.6 Å². The van der Waals surface area contributed by atoms with Gasteiger partial charge in [0, 0.05) is 175 Å². The van der Waals surface area contributed by atoms with Gasteiger partial charge in [-0.1, -0.05) is 40.0 Å². The van der Waals surface area contributed by atoms with Gasteiger partial charge in [-0.15, -0.1) is 0 Å². The minimum absolute atomic E-state index is 0.0676. The molecule has 126 heavy (non-hydrogen) atoms. The van der Waals surface area contributed by atoms with Crippen molar-refractivity contribution in [2.45, 2.75) is 179 Å². The third kappa shape index (κ3) is 18.0. The Morgan fingerprint density at radius 2 is 0.714 bits per heavy atom. The van der Waals surface area contributed by atoms with Crippen molar-refractivity contribution in [3.05, 3.63) is 240 Å². The van der Waals surface area contributed by atoms with E-state index in [9.17, 15) is 19.2 Å². The standard InChI is InChI=1S/C25H30N6O.C24H29N7O.2C23H27N7O/c1-16(2)30-9-8-28(13-18(30)4)21-6-7-24-27-22(11-25(32)31(24)15-21)20-10-23-19(5)26-17(3)12-29(23)14-20;1-5-6-19-22-9-21(28-31(22)13-17(4)26-19)20-10-24(32)30-14-18(7-8-23(30)27-20)29-11-15(2)25-16(3)12-29;2*1-4-5-18-21-10-20(27-30(21)13-16(3)25-18)19-11-23(31)29-14-17(6-7-22(29)26-19)28-9-8-24-15(2)12-28/h6-7,10-12,14-16,18H,8-9,13H2,1-5H3;7-10,13-16,25H,5-6,11-12H2,1-4H3;2*6-7,10-11,13-15,24H,4-5,8-9,12H2,1-3H3/t18-;15-,16+;2*15-/m1.10/s1. The van der Waals surface area contributed by atoms with Crippen LogP contribution in [0.2, 0.25) is 0 Å². The minimum Gasteiger partial charge on any atom is -0.368 e. The number of piperazine rings is 4. The number of hydrogen-bond acceptors (Lipinski definition) is 23. The highest BCUT2D eigenvalue weighted by atomic mass is 16.1. The first-order valence-corrected chi connectivity index (χ1v) is 44.4. The predicted molar refractivity (Wildman–Crippen MR) is 499 cm³/mol. The SMILES string of the molecule is CCCc1nc(C)cn2nc(-c3cc(=O)n4cc(N5CCN[C@@H](C)C5)ccc4n3)cc12.CCCc1nc(C)cn2nc(-c3cc(=O)n4cc(N5CCN[C@H](C)C5)ccc4n3)cc12.CCCc1nc(C)cn2nc(-c3cc(=O)n4cc(N5C[C@@H](C)N[C@@H](C)C5)ccc4n3)cc12.Cc1cn2cc(-c3cc(=O)n4cc(N5CCN(C(C)C)[C@H](C)C5)ccc4n3)cc2c(C)n1. The van der Waals surface area contributed by atoms with E-state index < -0.39 is 0 Å². The summed E-state index contributed by atoms with van der Waals surface area (Å²) >= 11 is 0. The number of hydrogen-bond donors (Lipinski definition) is 3. The lowest BCUT2D eigenvalue weighted by Crippen LogP contribution is -2.54. The van der Waals surface area contributed by atoms with Crippen molar-refractivity contribution in [2.24, 2.45) is 0 Å². The molecule has 4 saturated heterocycles. The summed E-state index contributed by atoms with van der Waals surface area (Å²) in [5.41, 5.74) is 23.4. The van der Waals surface area contributed by atoms with Crippen LogP contribution in [0.4, 0.5) is 22.7 Å². The second-order valence-corrected chi connectivity index (χ2v) is 34.8. The van der Waals surface area contributed by atoms with Crippen molar-refractivity contribution in [1.29, 1.82) is 0 Å². The Morgan fingerprint density at radius 3 is 1.09 bits per heavy atom. The van der Waals surface area contributed by atoms with E-state index >= 15 is 0 Å². The van der Waals surface area contributed by atoms with Crippen LogP contribution in [-0.4, -0.2) is 204 Å². The second kappa shape index (κ2) is 35.9. The zero-order chi connectivity index (χ0) is 88.0. The van der Waals surface area contributed by atoms with E-state index in [4.69, 9.17) is 25.0 Å². The van der Waals surface area contributed by atoms with Gasteiger partial charge in [-0.2, -0.15) is 15.3 Å². The van der Waals surface area contributed by atoms with E-state index in [1.165, 1.54) is 0 Å². The van der Waals surface area contributed by atoms with Crippen molar-refractivity contribution in [3.8, 4) is 45.4 Å². The molecule has 0 aromatic carbocycles. The van der Waals surface area contributed by atoms with Crippen LogP contribution < -0.4 is 57.8 Å². The third-order valence-electron chi connectivity index (χ3n) is 24.1. The molecule has 4 aliphatic heterocycles. The molecule has 31 heteroatoms. The smallest absolute Gasteiger partial charge is 0.258 e. The molecular formula is C95H113N27O4. The Morgan fingerprint density at radius 1 is 0.357 bits per heavy atom. The summed E-state index contributed by atoms with van der Waals surface area (Å²) in [5, 5.41) is 24.5. The third-order valence-corrected chi connectivity index (χ3v) is 24.1. The van der Waals surface area contributed by atoms with Crippen LogP contribution in [0.3, 0.4) is 0 Å². The number of aryl methyl sites for hydroxylation is 8. The monoisotopic (exact) mass is 1700 g/mol. The fraction of sp³-hybridized carbons (Fsp3) is 0.400. The van der Waals surface area contributed by atoms with Crippen LogP contribution in [0.15, 0.2) is 172 Å². The molecule has 16 aromatic heterocycles. The highest BCUT2D eigenvalue weighted by molar-refractivity contribution is 5.73. The molecule has 0 aliphatic carbocycles. The van der Waals surface area contributed by atoms with Gasteiger partial charge in [0.15, 0.2) is 0 Å². The molecular weight excluding hydrogens is 1580 g/mol. The number of fused-ring (bicyclic) bond motifs is 8. The topological polar surface area (TPSA) is 298 Å².